The van der Waals surface area contributed by atoms with Gasteiger partial charge in [0.15, 0.2) is 0 Å². The zero-order valence-electron chi connectivity index (χ0n) is 13.6. The first-order valence-corrected chi connectivity index (χ1v) is 8.67. The van der Waals surface area contributed by atoms with Crippen LogP contribution in [-0.4, -0.2) is 42.0 Å². The Morgan fingerprint density at radius 3 is 2.73 bits per heavy atom. The van der Waals surface area contributed by atoms with E-state index in [-0.39, 0.29) is 5.91 Å². The van der Waals surface area contributed by atoms with Crippen LogP contribution in [0.1, 0.15) is 44.6 Å². The highest BCUT2D eigenvalue weighted by atomic mass is 16.2. The molecule has 120 valence electrons. The first-order chi connectivity index (χ1) is 10.7. The van der Waals surface area contributed by atoms with Crippen LogP contribution in [0.5, 0.6) is 0 Å². The number of pyridine rings is 1. The van der Waals surface area contributed by atoms with Gasteiger partial charge in [0.05, 0.1) is 11.9 Å². The number of carbonyl (C=O) groups excluding carboxylic acids is 1. The lowest BCUT2D eigenvalue weighted by Gasteiger charge is -2.20. The molecule has 1 amide bonds. The second kappa shape index (κ2) is 7.12. The van der Waals surface area contributed by atoms with Crippen molar-refractivity contribution in [2.45, 2.75) is 45.4 Å². The summed E-state index contributed by atoms with van der Waals surface area (Å²) in [6.07, 6.45) is 11.2. The standard InChI is InChI=1S/C18H27N3O/c1-15(22)20-9-4-5-16(6-10-20)11-17-12-18(14-19-13-17)21-7-2-3-8-21/h12-14,16H,2-11H2,1H3. The maximum atomic E-state index is 11.5. The van der Waals surface area contributed by atoms with Gasteiger partial charge >= 0.3 is 0 Å². The molecule has 1 aromatic rings. The minimum atomic E-state index is 0.221. The van der Waals surface area contributed by atoms with Gasteiger partial charge in [0.25, 0.3) is 0 Å². The van der Waals surface area contributed by atoms with Crippen LogP contribution in [0.4, 0.5) is 5.69 Å². The summed E-state index contributed by atoms with van der Waals surface area (Å²) in [5.74, 6) is 0.901. The first kappa shape index (κ1) is 15.3. The molecule has 2 aliphatic rings. The summed E-state index contributed by atoms with van der Waals surface area (Å²) >= 11 is 0. The minimum absolute atomic E-state index is 0.221. The molecule has 22 heavy (non-hydrogen) atoms. The van der Waals surface area contributed by atoms with Gasteiger partial charge in [0.2, 0.25) is 5.91 Å². The molecule has 2 fully saturated rings. The number of amides is 1. The van der Waals surface area contributed by atoms with Crippen molar-refractivity contribution in [3.63, 3.8) is 0 Å². The van der Waals surface area contributed by atoms with Crippen molar-refractivity contribution in [3.05, 3.63) is 24.0 Å². The van der Waals surface area contributed by atoms with E-state index in [0.717, 1.165) is 32.4 Å². The number of carbonyl (C=O) groups is 1. The average Bonchev–Trinajstić information content (AvgIpc) is 2.95. The normalized spacial score (nSPS) is 22.7. The molecule has 4 nitrogen and oxygen atoms in total. The molecule has 3 heterocycles. The highest BCUT2D eigenvalue weighted by Gasteiger charge is 2.19. The number of aromatic nitrogens is 1. The van der Waals surface area contributed by atoms with Crippen LogP contribution >= 0.6 is 0 Å². The van der Waals surface area contributed by atoms with Crippen LogP contribution in [0.3, 0.4) is 0 Å². The van der Waals surface area contributed by atoms with Crippen LogP contribution in [0, 0.1) is 5.92 Å². The van der Waals surface area contributed by atoms with Crippen molar-refractivity contribution in [1.29, 1.82) is 0 Å². The Kier molecular flexibility index (Phi) is 4.96. The highest BCUT2D eigenvalue weighted by molar-refractivity contribution is 5.73. The van der Waals surface area contributed by atoms with Gasteiger partial charge in [-0.15, -0.1) is 0 Å². The molecule has 2 aliphatic heterocycles. The predicted octanol–water partition coefficient (Wildman–Crippen LogP) is 2.87. The Bertz CT molecular complexity index is 511. The van der Waals surface area contributed by atoms with Gasteiger partial charge in [-0.1, -0.05) is 0 Å². The number of nitrogens with zero attached hydrogens (tertiary/aromatic N) is 3. The summed E-state index contributed by atoms with van der Waals surface area (Å²) in [5, 5.41) is 0. The average molecular weight is 301 g/mol. The quantitative estimate of drug-likeness (QED) is 0.861. The van der Waals surface area contributed by atoms with Gasteiger partial charge in [-0.05, 0) is 56.1 Å². The molecule has 0 aliphatic carbocycles. The second-order valence-electron chi connectivity index (χ2n) is 6.75. The second-order valence-corrected chi connectivity index (χ2v) is 6.75. The molecule has 0 bridgehead atoms. The van der Waals surface area contributed by atoms with E-state index in [2.05, 4.69) is 16.0 Å². The Morgan fingerprint density at radius 2 is 1.95 bits per heavy atom. The molecule has 4 heteroatoms. The van der Waals surface area contributed by atoms with Crippen molar-refractivity contribution in [2.75, 3.05) is 31.1 Å². The van der Waals surface area contributed by atoms with Crippen molar-refractivity contribution in [2.24, 2.45) is 5.92 Å². The number of likely N-dealkylation sites (tertiary alicyclic amines) is 1. The fourth-order valence-electron chi connectivity index (χ4n) is 3.75. The third-order valence-electron chi connectivity index (χ3n) is 5.07. The zero-order valence-corrected chi connectivity index (χ0v) is 13.6. The molecule has 1 unspecified atom stereocenters. The van der Waals surface area contributed by atoms with E-state index < -0.39 is 0 Å². The lowest BCUT2D eigenvalue weighted by molar-refractivity contribution is -0.128. The molecule has 1 atom stereocenters. The Hall–Kier alpha value is -1.58. The molecule has 0 radical (unpaired) electrons. The van der Waals surface area contributed by atoms with Gasteiger partial charge in [-0.3, -0.25) is 9.78 Å². The van der Waals surface area contributed by atoms with Crippen LogP contribution < -0.4 is 4.90 Å². The summed E-state index contributed by atoms with van der Waals surface area (Å²) in [6.45, 7) is 5.87. The maximum Gasteiger partial charge on any atom is 0.219 e. The third kappa shape index (κ3) is 3.79. The monoisotopic (exact) mass is 301 g/mol. The molecule has 0 saturated carbocycles. The Balaban J connectivity index is 1.60. The fraction of sp³-hybridized carbons (Fsp3) is 0.667. The van der Waals surface area contributed by atoms with Gasteiger partial charge < -0.3 is 9.80 Å². The largest absolute Gasteiger partial charge is 0.370 e. The SMILES string of the molecule is CC(=O)N1CCCC(Cc2cncc(N3CCCC3)c2)CC1. The van der Waals surface area contributed by atoms with E-state index in [1.54, 1.807) is 6.92 Å². The smallest absolute Gasteiger partial charge is 0.219 e. The van der Waals surface area contributed by atoms with E-state index in [1.165, 1.54) is 43.6 Å². The van der Waals surface area contributed by atoms with Crippen LogP contribution in [0.2, 0.25) is 0 Å². The topological polar surface area (TPSA) is 36.4 Å². The van der Waals surface area contributed by atoms with Crippen LogP contribution in [-0.2, 0) is 11.2 Å². The van der Waals surface area contributed by atoms with E-state index >= 15 is 0 Å². The zero-order chi connectivity index (χ0) is 15.4. The summed E-state index contributed by atoms with van der Waals surface area (Å²) < 4.78 is 0. The molecule has 0 aromatic carbocycles. The Labute approximate surface area is 133 Å². The molecule has 1 aromatic heterocycles. The molecule has 3 rings (SSSR count). The lowest BCUT2D eigenvalue weighted by Crippen LogP contribution is -2.29. The molecule has 0 N–H and O–H groups in total. The van der Waals surface area contributed by atoms with Gasteiger partial charge in [-0.25, -0.2) is 0 Å². The lowest BCUT2D eigenvalue weighted by atomic mass is 9.93. The maximum absolute atomic E-state index is 11.5. The van der Waals surface area contributed by atoms with Crippen molar-refractivity contribution >= 4 is 11.6 Å². The van der Waals surface area contributed by atoms with Crippen LogP contribution in [0.15, 0.2) is 18.5 Å². The predicted molar refractivity (Wildman–Crippen MR) is 89.0 cm³/mol. The third-order valence-corrected chi connectivity index (χ3v) is 5.07. The van der Waals surface area contributed by atoms with Crippen molar-refractivity contribution in [1.82, 2.24) is 9.88 Å². The summed E-state index contributed by atoms with van der Waals surface area (Å²) in [6, 6.07) is 2.33. The van der Waals surface area contributed by atoms with Gasteiger partial charge in [0.1, 0.15) is 0 Å². The van der Waals surface area contributed by atoms with E-state index in [1.807, 2.05) is 17.3 Å². The highest BCUT2D eigenvalue weighted by Crippen LogP contribution is 2.25. The number of rotatable bonds is 3. The van der Waals surface area contributed by atoms with E-state index in [9.17, 15) is 4.79 Å². The number of hydrogen-bond acceptors (Lipinski definition) is 3. The van der Waals surface area contributed by atoms with Crippen LogP contribution in [0.25, 0.3) is 0 Å². The molecular weight excluding hydrogens is 274 g/mol. The minimum Gasteiger partial charge on any atom is -0.370 e. The summed E-state index contributed by atoms with van der Waals surface area (Å²) in [4.78, 5) is 20.4. The van der Waals surface area contributed by atoms with E-state index in [0.29, 0.717) is 5.92 Å². The van der Waals surface area contributed by atoms with Gasteiger partial charge in [0, 0.05) is 39.3 Å². The number of hydrogen-bond donors (Lipinski definition) is 0. The Morgan fingerprint density at radius 1 is 1.14 bits per heavy atom. The van der Waals surface area contributed by atoms with Crippen molar-refractivity contribution < 1.29 is 4.79 Å². The van der Waals surface area contributed by atoms with Crippen molar-refractivity contribution in [3.8, 4) is 0 Å². The van der Waals surface area contributed by atoms with E-state index in [4.69, 9.17) is 0 Å². The summed E-state index contributed by atoms with van der Waals surface area (Å²) in [7, 11) is 0. The number of anilines is 1. The molecule has 0 spiro atoms. The van der Waals surface area contributed by atoms with Gasteiger partial charge in [-0.2, -0.15) is 0 Å². The first-order valence-electron chi connectivity index (χ1n) is 8.67. The molecule has 2 saturated heterocycles. The summed E-state index contributed by atoms with van der Waals surface area (Å²) in [5.41, 5.74) is 2.64. The fourth-order valence-corrected chi connectivity index (χ4v) is 3.75. The molecular formula is C18H27N3O.